The second-order valence-corrected chi connectivity index (χ2v) is 6.18. The number of piperazine rings is 1. The van der Waals surface area contributed by atoms with E-state index in [0.717, 1.165) is 57.5 Å². The van der Waals surface area contributed by atoms with E-state index < -0.39 is 0 Å². The minimum atomic E-state index is -0.0290. The summed E-state index contributed by atoms with van der Waals surface area (Å²) in [4.78, 5) is 16.6. The lowest BCUT2D eigenvalue weighted by Gasteiger charge is -2.37. The van der Waals surface area contributed by atoms with Crippen molar-refractivity contribution in [3.05, 3.63) is 12.4 Å². The number of aromatic nitrogens is 2. The number of anilines is 1. The van der Waals surface area contributed by atoms with Gasteiger partial charge in [-0.2, -0.15) is 5.10 Å². The highest BCUT2D eigenvalue weighted by atomic mass is 16.5. The SMILES string of the molecule is Cn1cc(NC(=O)N2CCN(CC3CCOCC3)CC2)cn1. The molecule has 0 unspecified atom stereocenters. The van der Waals surface area contributed by atoms with Gasteiger partial charge in [0.05, 0.1) is 11.9 Å². The third-order valence-corrected chi connectivity index (χ3v) is 4.47. The van der Waals surface area contributed by atoms with E-state index >= 15 is 0 Å². The monoisotopic (exact) mass is 307 g/mol. The molecule has 2 aliphatic rings. The molecule has 3 rings (SSSR count). The Morgan fingerprint density at radius 3 is 2.68 bits per heavy atom. The number of ether oxygens (including phenoxy) is 1. The van der Waals surface area contributed by atoms with Gasteiger partial charge in [-0.25, -0.2) is 4.79 Å². The Labute approximate surface area is 131 Å². The van der Waals surface area contributed by atoms with Crippen LogP contribution in [0.5, 0.6) is 0 Å². The maximum absolute atomic E-state index is 12.2. The van der Waals surface area contributed by atoms with Crippen molar-refractivity contribution in [2.24, 2.45) is 13.0 Å². The van der Waals surface area contributed by atoms with Crippen molar-refractivity contribution < 1.29 is 9.53 Å². The van der Waals surface area contributed by atoms with Crippen LogP contribution < -0.4 is 5.32 Å². The maximum Gasteiger partial charge on any atom is 0.322 e. The van der Waals surface area contributed by atoms with Gasteiger partial charge in [-0.15, -0.1) is 0 Å². The molecule has 0 aromatic carbocycles. The van der Waals surface area contributed by atoms with Gasteiger partial charge in [-0.05, 0) is 18.8 Å². The summed E-state index contributed by atoms with van der Waals surface area (Å²) in [6, 6.07) is -0.0290. The van der Waals surface area contributed by atoms with Crippen LogP contribution in [0.1, 0.15) is 12.8 Å². The molecule has 0 aliphatic carbocycles. The highest BCUT2D eigenvalue weighted by Crippen LogP contribution is 2.17. The fourth-order valence-corrected chi connectivity index (χ4v) is 3.12. The molecule has 7 heteroatoms. The number of amides is 2. The summed E-state index contributed by atoms with van der Waals surface area (Å²) >= 11 is 0. The number of urea groups is 1. The summed E-state index contributed by atoms with van der Waals surface area (Å²) in [5.41, 5.74) is 0.747. The quantitative estimate of drug-likeness (QED) is 0.905. The van der Waals surface area contributed by atoms with Crippen molar-refractivity contribution in [2.45, 2.75) is 12.8 Å². The lowest BCUT2D eigenvalue weighted by atomic mass is 9.99. The highest BCUT2D eigenvalue weighted by Gasteiger charge is 2.24. The first-order chi connectivity index (χ1) is 10.7. The summed E-state index contributed by atoms with van der Waals surface area (Å²) < 4.78 is 7.09. The lowest BCUT2D eigenvalue weighted by molar-refractivity contribution is 0.0457. The van der Waals surface area contributed by atoms with Gasteiger partial charge < -0.3 is 15.0 Å². The van der Waals surface area contributed by atoms with E-state index in [0.29, 0.717) is 0 Å². The predicted molar refractivity (Wildman–Crippen MR) is 83.8 cm³/mol. The van der Waals surface area contributed by atoms with E-state index in [4.69, 9.17) is 4.74 Å². The number of rotatable bonds is 3. The molecule has 1 aromatic heterocycles. The van der Waals surface area contributed by atoms with E-state index in [2.05, 4.69) is 15.3 Å². The summed E-state index contributed by atoms with van der Waals surface area (Å²) in [7, 11) is 1.84. The molecule has 1 N–H and O–H groups in total. The topological polar surface area (TPSA) is 62.6 Å². The van der Waals surface area contributed by atoms with Crippen LogP contribution in [0.15, 0.2) is 12.4 Å². The van der Waals surface area contributed by atoms with E-state index in [1.165, 1.54) is 12.8 Å². The van der Waals surface area contributed by atoms with Gasteiger partial charge in [0, 0.05) is 59.2 Å². The third kappa shape index (κ3) is 3.98. The van der Waals surface area contributed by atoms with E-state index in [9.17, 15) is 4.79 Å². The number of hydrogen-bond acceptors (Lipinski definition) is 4. The van der Waals surface area contributed by atoms with Crippen molar-refractivity contribution in [1.29, 1.82) is 0 Å². The lowest BCUT2D eigenvalue weighted by Crippen LogP contribution is -2.51. The van der Waals surface area contributed by atoms with Crippen molar-refractivity contribution >= 4 is 11.7 Å². The third-order valence-electron chi connectivity index (χ3n) is 4.47. The molecular weight excluding hydrogens is 282 g/mol. The first-order valence-corrected chi connectivity index (χ1v) is 8.05. The molecule has 0 radical (unpaired) electrons. The number of hydrogen-bond donors (Lipinski definition) is 1. The van der Waals surface area contributed by atoms with Gasteiger partial charge in [-0.3, -0.25) is 9.58 Å². The molecule has 0 saturated carbocycles. The molecule has 3 heterocycles. The highest BCUT2D eigenvalue weighted by molar-refractivity contribution is 5.89. The zero-order valence-corrected chi connectivity index (χ0v) is 13.2. The van der Waals surface area contributed by atoms with Crippen LogP contribution >= 0.6 is 0 Å². The van der Waals surface area contributed by atoms with Crippen molar-refractivity contribution in [1.82, 2.24) is 19.6 Å². The van der Waals surface area contributed by atoms with Gasteiger partial charge in [0.15, 0.2) is 0 Å². The summed E-state index contributed by atoms with van der Waals surface area (Å²) in [6.07, 6.45) is 5.81. The van der Waals surface area contributed by atoms with Crippen LogP contribution in [0.4, 0.5) is 10.5 Å². The number of carbonyl (C=O) groups excluding carboxylic acids is 1. The summed E-state index contributed by atoms with van der Waals surface area (Å²) in [6.45, 7) is 6.43. The molecule has 0 spiro atoms. The summed E-state index contributed by atoms with van der Waals surface area (Å²) in [5, 5.41) is 6.95. The van der Waals surface area contributed by atoms with Gasteiger partial charge in [0.25, 0.3) is 0 Å². The van der Waals surface area contributed by atoms with E-state index in [1.54, 1.807) is 17.1 Å². The normalized spacial score (nSPS) is 21.0. The molecule has 22 heavy (non-hydrogen) atoms. The van der Waals surface area contributed by atoms with Crippen LogP contribution in [0.25, 0.3) is 0 Å². The molecular formula is C15H25N5O2. The molecule has 2 fully saturated rings. The van der Waals surface area contributed by atoms with Crippen LogP contribution in [0, 0.1) is 5.92 Å². The van der Waals surface area contributed by atoms with Crippen LogP contribution in [-0.2, 0) is 11.8 Å². The first-order valence-electron chi connectivity index (χ1n) is 8.05. The van der Waals surface area contributed by atoms with Crippen molar-refractivity contribution in [3.8, 4) is 0 Å². The predicted octanol–water partition coefficient (Wildman–Crippen LogP) is 0.996. The second-order valence-electron chi connectivity index (χ2n) is 6.18. The molecule has 2 amide bonds. The maximum atomic E-state index is 12.2. The molecule has 0 bridgehead atoms. The Balaban J connectivity index is 1.41. The van der Waals surface area contributed by atoms with Crippen LogP contribution in [0.2, 0.25) is 0 Å². The smallest absolute Gasteiger partial charge is 0.322 e. The number of nitrogens with zero attached hydrogens (tertiary/aromatic N) is 4. The zero-order valence-electron chi connectivity index (χ0n) is 13.2. The fraction of sp³-hybridized carbons (Fsp3) is 0.733. The Morgan fingerprint density at radius 1 is 1.32 bits per heavy atom. The van der Waals surface area contributed by atoms with Crippen LogP contribution in [0.3, 0.4) is 0 Å². The van der Waals surface area contributed by atoms with Crippen molar-refractivity contribution in [2.75, 3.05) is 51.3 Å². The Morgan fingerprint density at radius 2 is 2.05 bits per heavy atom. The molecule has 2 saturated heterocycles. The zero-order chi connectivity index (χ0) is 15.4. The van der Waals surface area contributed by atoms with Gasteiger partial charge in [0.1, 0.15) is 0 Å². The first kappa shape index (κ1) is 15.3. The Kier molecular flexibility index (Phi) is 4.94. The van der Waals surface area contributed by atoms with Gasteiger partial charge in [-0.1, -0.05) is 0 Å². The number of carbonyl (C=O) groups is 1. The molecule has 7 nitrogen and oxygen atoms in total. The number of nitrogens with one attached hydrogen (secondary N) is 1. The van der Waals surface area contributed by atoms with Crippen LogP contribution in [-0.4, -0.2) is 71.5 Å². The largest absolute Gasteiger partial charge is 0.381 e. The minimum absolute atomic E-state index is 0.0290. The average molecular weight is 307 g/mol. The van der Waals surface area contributed by atoms with Gasteiger partial charge >= 0.3 is 6.03 Å². The number of aryl methyl sites for hydroxylation is 1. The Bertz CT molecular complexity index is 490. The Hall–Kier alpha value is -1.60. The molecule has 0 atom stereocenters. The van der Waals surface area contributed by atoms with E-state index in [1.807, 2.05) is 11.9 Å². The standard InChI is InChI=1S/C15H25N5O2/c1-18-12-14(10-16-18)17-15(21)20-6-4-19(5-7-20)11-13-2-8-22-9-3-13/h10,12-13H,2-9,11H2,1H3,(H,17,21). The van der Waals surface area contributed by atoms with Gasteiger partial charge in [0.2, 0.25) is 0 Å². The molecule has 1 aromatic rings. The summed E-state index contributed by atoms with van der Waals surface area (Å²) in [5.74, 6) is 0.754. The van der Waals surface area contributed by atoms with E-state index in [-0.39, 0.29) is 6.03 Å². The minimum Gasteiger partial charge on any atom is -0.381 e. The fourth-order valence-electron chi connectivity index (χ4n) is 3.12. The average Bonchev–Trinajstić information content (AvgIpc) is 2.94. The molecule has 2 aliphatic heterocycles. The van der Waals surface area contributed by atoms with Crippen molar-refractivity contribution in [3.63, 3.8) is 0 Å². The second kappa shape index (κ2) is 7.11. The molecule has 122 valence electrons.